The Morgan fingerprint density at radius 1 is 0.949 bits per heavy atom. The van der Waals surface area contributed by atoms with Crippen LogP contribution in [0.5, 0.6) is 11.5 Å². The summed E-state index contributed by atoms with van der Waals surface area (Å²) in [6, 6.07) is 3.62. The zero-order valence-electron chi connectivity index (χ0n) is 25.6. The number of benzene rings is 1. The first-order valence-corrected chi connectivity index (χ1v) is 19.8. The third kappa shape index (κ3) is 7.62. The highest BCUT2D eigenvalue weighted by atomic mass is 28.4. The van der Waals surface area contributed by atoms with Crippen LogP contribution >= 0.6 is 0 Å². The van der Waals surface area contributed by atoms with E-state index in [2.05, 4.69) is 67.7 Å². The Kier molecular flexibility index (Phi) is 9.02. The number of cyclic esters (lactones) is 1. The van der Waals surface area contributed by atoms with Crippen molar-refractivity contribution in [3.05, 3.63) is 35.4 Å². The molecule has 1 fully saturated rings. The number of ketones is 1. The van der Waals surface area contributed by atoms with Crippen molar-refractivity contribution in [2.24, 2.45) is 0 Å². The van der Waals surface area contributed by atoms with Gasteiger partial charge in [0.25, 0.3) is 8.32 Å². The van der Waals surface area contributed by atoms with Crippen molar-refractivity contribution in [1.29, 1.82) is 0 Å². The molecule has 9 heteroatoms. The maximum atomic E-state index is 13.8. The molecule has 7 nitrogen and oxygen atoms in total. The number of carbonyl (C=O) groups excluding carboxylic acids is 2. The van der Waals surface area contributed by atoms with E-state index in [-0.39, 0.29) is 46.5 Å². The number of fused-ring (bicyclic) bond motifs is 2. The van der Waals surface area contributed by atoms with E-state index in [0.29, 0.717) is 23.5 Å². The van der Waals surface area contributed by atoms with E-state index < -0.39 is 34.8 Å². The molecule has 0 aliphatic carbocycles. The molecule has 3 rings (SSSR count). The highest BCUT2D eigenvalue weighted by Crippen LogP contribution is 2.43. The summed E-state index contributed by atoms with van der Waals surface area (Å²) >= 11 is 0. The molecule has 0 spiro atoms. The van der Waals surface area contributed by atoms with Crippen molar-refractivity contribution in [2.75, 3.05) is 0 Å². The van der Waals surface area contributed by atoms with Crippen LogP contribution in [0.3, 0.4) is 0 Å². The van der Waals surface area contributed by atoms with Gasteiger partial charge in [0.15, 0.2) is 0 Å². The van der Waals surface area contributed by atoms with E-state index in [9.17, 15) is 14.7 Å². The highest BCUT2D eigenvalue weighted by Gasteiger charge is 2.45. The first kappa shape index (κ1) is 31.6. The number of rotatable bonds is 4. The van der Waals surface area contributed by atoms with Gasteiger partial charge in [-0.15, -0.1) is 0 Å². The second kappa shape index (κ2) is 11.1. The smallest absolute Gasteiger partial charge is 0.342 e. The summed E-state index contributed by atoms with van der Waals surface area (Å²) in [6.45, 7) is 23.3. The van der Waals surface area contributed by atoms with Crippen LogP contribution in [0.1, 0.15) is 77.2 Å². The fraction of sp³-hybridized carbons (Fsp3) is 0.667. The molecule has 0 amide bonds. The molecule has 39 heavy (non-hydrogen) atoms. The predicted molar refractivity (Wildman–Crippen MR) is 159 cm³/mol. The van der Waals surface area contributed by atoms with Gasteiger partial charge in [-0.2, -0.15) is 0 Å². The minimum Gasteiger partial charge on any atom is -0.543 e. The average molecular weight is 577 g/mol. The molecule has 0 saturated carbocycles. The lowest BCUT2D eigenvalue weighted by atomic mass is 9.98. The predicted octanol–water partition coefficient (Wildman–Crippen LogP) is 6.59. The number of esters is 1. The van der Waals surface area contributed by atoms with Gasteiger partial charge in [-0.25, -0.2) is 4.79 Å². The SMILES string of the molecule is C[C@@H]1C[C@@H]2O[C@H]2[C@@H](O)/C=C/CC(=O)Cc2cc(O[Si](C)(C)C(C)(C)C)cc(O[Si](C)(C)C(C)(C)C)c2C(=O)O1. The van der Waals surface area contributed by atoms with E-state index in [1.807, 2.05) is 19.1 Å². The Balaban J connectivity index is 2.15. The summed E-state index contributed by atoms with van der Waals surface area (Å²) in [6.07, 6.45) is 2.13. The monoisotopic (exact) mass is 576 g/mol. The van der Waals surface area contributed by atoms with Gasteiger partial charge in [0.2, 0.25) is 8.32 Å². The van der Waals surface area contributed by atoms with Gasteiger partial charge < -0.3 is 23.4 Å². The molecule has 2 aliphatic heterocycles. The minimum absolute atomic E-state index is 0.0182. The summed E-state index contributed by atoms with van der Waals surface area (Å²) in [5.74, 6) is 0.400. The molecule has 0 radical (unpaired) electrons. The topological polar surface area (TPSA) is 94.6 Å². The quantitative estimate of drug-likeness (QED) is 0.187. The fourth-order valence-corrected chi connectivity index (χ4v) is 6.06. The second-order valence-electron chi connectivity index (χ2n) is 14.1. The molecule has 0 bridgehead atoms. The van der Waals surface area contributed by atoms with Gasteiger partial charge in [-0.1, -0.05) is 53.7 Å². The highest BCUT2D eigenvalue weighted by molar-refractivity contribution is 6.75. The Bertz CT molecular complexity index is 1110. The van der Waals surface area contributed by atoms with Crippen LogP contribution in [-0.4, -0.2) is 57.9 Å². The van der Waals surface area contributed by atoms with Crippen molar-refractivity contribution in [3.63, 3.8) is 0 Å². The lowest BCUT2D eigenvalue weighted by molar-refractivity contribution is -0.117. The zero-order valence-corrected chi connectivity index (χ0v) is 27.6. The summed E-state index contributed by atoms with van der Waals surface area (Å²) in [5, 5.41) is 10.2. The van der Waals surface area contributed by atoms with Crippen LogP contribution < -0.4 is 8.85 Å². The summed E-state index contributed by atoms with van der Waals surface area (Å²) in [4.78, 5) is 26.9. The fourth-order valence-electron chi connectivity index (χ4n) is 4.03. The van der Waals surface area contributed by atoms with Crippen LogP contribution in [0.2, 0.25) is 36.3 Å². The number of ether oxygens (including phenoxy) is 2. The summed E-state index contributed by atoms with van der Waals surface area (Å²) in [5.41, 5.74) is 0.825. The molecule has 0 unspecified atom stereocenters. The number of allylic oxidation sites excluding steroid dienone is 1. The molecule has 2 heterocycles. The second-order valence-corrected chi connectivity index (χ2v) is 23.6. The lowest BCUT2D eigenvalue weighted by Gasteiger charge is -2.38. The molecule has 4 atom stereocenters. The first-order valence-electron chi connectivity index (χ1n) is 14.0. The van der Waals surface area contributed by atoms with Gasteiger partial charge in [0.1, 0.15) is 41.2 Å². The zero-order chi connectivity index (χ0) is 29.6. The van der Waals surface area contributed by atoms with E-state index in [1.165, 1.54) is 0 Å². The molecule has 2 aliphatic rings. The minimum atomic E-state index is -2.38. The van der Waals surface area contributed by atoms with Gasteiger partial charge in [-0.3, -0.25) is 4.79 Å². The Hall–Kier alpha value is -1.95. The van der Waals surface area contributed by atoms with Gasteiger partial charge >= 0.3 is 5.97 Å². The van der Waals surface area contributed by atoms with Gasteiger partial charge in [0.05, 0.1) is 6.10 Å². The Morgan fingerprint density at radius 3 is 2.13 bits per heavy atom. The molecular formula is C30H48O7Si2. The standard InChI is InChI=1S/C30H48O7Si2/c1-19-15-25-27(35-25)23(32)14-12-13-21(31)16-20-17-22(36-38(8,9)29(2,3)4)18-24(26(20)28(33)34-19)37-39(10,11)30(5,6)7/h12,14,17-19,23,25,27,32H,13,15-16H2,1-11H3/b14-12+/t19-,23+,25+,27+/m1/s1. The Morgan fingerprint density at radius 2 is 1.54 bits per heavy atom. The number of epoxide rings is 1. The molecule has 1 aromatic rings. The van der Waals surface area contributed by atoms with E-state index in [0.717, 1.165) is 0 Å². The van der Waals surface area contributed by atoms with Crippen molar-refractivity contribution in [1.82, 2.24) is 0 Å². The van der Waals surface area contributed by atoms with Gasteiger partial charge in [0, 0.05) is 25.3 Å². The number of aliphatic hydroxyl groups is 1. The van der Waals surface area contributed by atoms with E-state index in [4.69, 9.17) is 18.3 Å². The average Bonchev–Trinajstić information content (AvgIpc) is 3.49. The Labute approximate surface area is 236 Å². The molecular weight excluding hydrogens is 528 g/mol. The lowest BCUT2D eigenvalue weighted by Crippen LogP contribution is -2.45. The van der Waals surface area contributed by atoms with Crippen molar-refractivity contribution in [3.8, 4) is 11.5 Å². The van der Waals surface area contributed by atoms with E-state index in [1.54, 1.807) is 12.2 Å². The third-order valence-corrected chi connectivity index (χ3v) is 17.3. The molecule has 218 valence electrons. The molecule has 1 N–H and O–H groups in total. The van der Waals surface area contributed by atoms with Crippen LogP contribution in [0.4, 0.5) is 0 Å². The maximum Gasteiger partial charge on any atom is 0.342 e. The molecule has 1 aromatic carbocycles. The summed E-state index contributed by atoms with van der Waals surface area (Å²) < 4.78 is 24.9. The summed E-state index contributed by atoms with van der Waals surface area (Å²) in [7, 11) is -4.61. The van der Waals surface area contributed by atoms with Crippen LogP contribution in [-0.2, 0) is 20.7 Å². The van der Waals surface area contributed by atoms with Crippen LogP contribution in [0, 0.1) is 0 Å². The van der Waals surface area contributed by atoms with Crippen molar-refractivity contribution in [2.45, 2.75) is 128 Å². The van der Waals surface area contributed by atoms with Crippen molar-refractivity contribution >= 4 is 28.4 Å². The normalized spacial score (nSPS) is 26.1. The first-order chi connectivity index (χ1) is 17.7. The van der Waals surface area contributed by atoms with Crippen molar-refractivity contribution < 1.29 is 33.0 Å². The van der Waals surface area contributed by atoms with Crippen LogP contribution in [0.15, 0.2) is 24.3 Å². The van der Waals surface area contributed by atoms with Crippen LogP contribution in [0.25, 0.3) is 0 Å². The number of Topliss-reactive ketones (excluding diaryl/α,β-unsaturated/α-hetero) is 1. The molecule has 1 saturated heterocycles. The number of aliphatic hydroxyl groups excluding tert-OH is 1. The van der Waals surface area contributed by atoms with Gasteiger partial charge in [-0.05, 0) is 54.8 Å². The molecule has 0 aromatic heterocycles. The number of hydrogen-bond acceptors (Lipinski definition) is 7. The third-order valence-electron chi connectivity index (χ3n) is 8.61. The number of hydrogen-bond donors (Lipinski definition) is 1. The number of carbonyl (C=O) groups is 2. The largest absolute Gasteiger partial charge is 0.543 e. The van der Waals surface area contributed by atoms with E-state index >= 15 is 0 Å². The maximum absolute atomic E-state index is 13.8.